The molecule has 0 amide bonds. The molecule has 2 heterocycles. The summed E-state index contributed by atoms with van der Waals surface area (Å²) in [6, 6.07) is 0. The van der Waals surface area contributed by atoms with Crippen molar-refractivity contribution in [3.63, 3.8) is 0 Å². The van der Waals surface area contributed by atoms with Gasteiger partial charge in [-0.2, -0.15) is 0 Å². The Balaban J connectivity index is 1.72. The molecule has 2 fully saturated rings. The number of nitrogens with zero attached hydrogens (tertiary/aromatic N) is 2. The average molecular weight is 279 g/mol. The summed E-state index contributed by atoms with van der Waals surface area (Å²) in [5.41, 5.74) is 1.40. The van der Waals surface area contributed by atoms with Crippen LogP contribution in [-0.2, 0) is 6.54 Å². The fraction of sp³-hybridized carbons (Fsp3) is 0.800. The molecule has 1 unspecified atom stereocenters. The van der Waals surface area contributed by atoms with Crippen molar-refractivity contribution in [1.82, 2.24) is 10.3 Å². The zero-order valence-electron chi connectivity index (χ0n) is 12.1. The topological polar surface area (TPSA) is 28.2 Å². The summed E-state index contributed by atoms with van der Waals surface area (Å²) in [6.45, 7) is 5.71. The smallest absolute Gasteiger partial charge is 0.185 e. The van der Waals surface area contributed by atoms with E-state index in [1.165, 1.54) is 60.9 Å². The molecule has 0 radical (unpaired) electrons. The van der Waals surface area contributed by atoms with Gasteiger partial charge in [-0.25, -0.2) is 4.98 Å². The molecular formula is C15H25N3S. The minimum Gasteiger partial charge on any atom is -0.348 e. The summed E-state index contributed by atoms with van der Waals surface area (Å²) >= 11 is 1.92. The number of anilines is 1. The van der Waals surface area contributed by atoms with E-state index in [2.05, 4.69) is 17.1 Å². The van der Waals surface area contributed by atoms with Gasteiger partial charge in [-0.1, -0.05) is 13.3 Å². The number of hydrogen-bond donors (Lipinski definition) is 1. The molecule has 19 heavy (non-hydrogen) atoms. The van der Waals surface area contributed by atoms with Gasteiger partial charge in [0.1, 0.15) is 0 Å². The Kier molecular flexibility index (Phi) is 4.08. The molecule has 0 spiro atoms. The van der Waals surface area contributed by atoms with Crippen LogP contribution in [0.4, 0.5) is 5.13 Å². The summed E-state index contributed by atoms with van der Waals surface area (Å²) in [5.74, 6) is 1.66. The summed E-state index contributed by atoms with van der Waals surface area (Å²) in [5, 5.41) is 4.58. The molecule has 1 saturated heterocycles. The zero-order chi connectivity index (χ0) is 13.2. The maximum atomic E-state index is 4.97. The second-order valence-corrected chi connectivity index (χ2v) is 7.06. The SMILES string of the molecule is CCCC1CCN(c2nc(C3CC3)c(CNC)s2)C1. The van der Waals surface area contributed by atoms with Gasteiger partial charge in [0.2, 0.25) is 0 Å². The van der Waals surface area contributed by atoms with Crippen molar-refractivity contribution in [2.75, 3.05) is 25.0 Å². The van der Waals surface area contributed by atoms with E-state index in [0.29, 0.717) is 0 Å². The molecule has 1 saturated carbocycles. The third kappa shape index (κ3) is 2.95. The molecule has 1 aromatic rings. The maximum Gasteiger partial charge on any atom is 0.185 e. The van der Waals surface area contributed by atoms with E-state index in [9.17, 15) is 0 Å². The molecule has 3 nitrogen and oxygen atoms in total. The van der Waals surface area contributed by atoms with Crippen molar-refractivity contribution < 1.29 is 0 Å². The standard InChI is InChI=1S/C15H25N3S/c1-3-4-11-7-8-18(10-11)15-17-14(12-5-6-12)13(19-15)9-16-2/h11-12,16H,3-10H2,1-2H3. The lowest BCUT2D eigenvalue weighted by Gasteiger charge is -2.14. The highest BCUT2D eigenvalue weighted by Gasteiger charge is 2.31. The second kappa shape index (κ2) is 5.80. The minimum atomic E-state index is 0.766. The van der Waals surface area contributed by atoms with Crippen LogP contribution in [0.3, 0.4) is 0 Å². The van der Waals surface area contributed by atoms with Gasteiger partial charge in [0.05, 0.1) is 5.69 Å². The van der Waals surface area contributed by atoms with E-state index in [4.69, 9.17) is 4.98 Å². The third-order valence-corrected chi connectivity index (χ3v) is 5.40. The predicted octanol–water partition coefficient (Wildman–Crippen LogP) is 3.37. The van der Waals surface area contributed by atoms with Crippen LogP contribution in [0, 0.1) is 5.92 Å². The highest BCUT2D eigenvalue weighted by Crippen LogP contribution is 2.44. The quantitative estimate of drug-likeness (QED) is 0.865. The van der Waals surface area contributed by atoms with Gasteiger partial charge in [0.15, 0.2) is 5.13 Å². The Morgan fingerprint density at radius 2 is 2.21 bits per heavy atom. The van der Waals surface area contributed by atoms with Crippen LogP contribution in [0.25, 0.3) is 0 Å². The fourth-order valence-electron chi connectivity index (χ4n) is 3.10. The molecule has 1 aliphatic carbocycles. The minimum absolute atomic E-state index is 0.766. The molecule has 0 aromatic carbocycles. The molecule has 106 valence electrons. The first kappa shape index (κ1) is 13.4. The molecule has 1 aliphatic heterocycles. The molecular weight excluding hydrogens is 254 g/mol. The van der Waals surface area contributed by atoms with Crippen molar-refractivity contribution in [3.8, 4) is 0 Å². The van der Waals surface area contributed by atoms with Crippen LogP contribution in [0.5, 0.6) is 0 Å². The number of rotatable bonds is 6. The lowest BCUT2D eigenvalue weighted by molar-refractivity contribution is 0.529. The van der Waals surface area contributed by atoms with Crippen molar-refractivity contribution in [2.24, 2.45) is 5.92 Å². The first-order valence-corrected chi connectivity index (χ1v) is 8.52. The lowest BCUT2D eigenvalue weighted by atomic mass is 10.0. The number of hydrogen-bond acceptors (Lipinski definition) is 4. The predicted molar refractivity (Wildman–Crippen MR) is 82.1 cm³/mol. The first-order valence-electron chi connectivity index (χ1n) is 7.71. The fourth-order valence-corrected chi connectivity index (χ4v) is 4.29. The Bertz CT molecular complexity index is 425. The van der Waals surface area contributed by atoms with Gasteiger partial charge < -0.3 is 10.2 Å². The monoisotopic (exact) mass is 279 g/mol. The van der Waals surface area contributed by atoms with Gasteiger partial charge in [-0.15, -0.1) is 11.3 Å². The zero-order valence-corrected chi connectivity index (χ0v) is 12.9. The average Bonchev–Trinajstić information content (AvgIpc) is 2.99. The molecule has 1 atom stereocenters. The van der Waals surface area contributed by atoms with Crippen LogP contribution < -0.4 is 10.2 Å². The lowest BCUT2D eigenvalue weighted by Crippen LogP contribution is -2.19. The molecule has 0 bridgehead atoms. The summed E-state index contributed by atoms with van der Waals surface area (Å²) in [4.78, 5) is 8.97. The Morgan fingerprint density at radius 1 is 1.37 bits per heavy atom. The normalized spacial score (nSPS) is 23.3. The molecule has 2 aliphatic rings. The van der Waals surface area contributed by atoms with Crippen LogP contribution in [0.2, 0.25) is 0 Å². The van der Waals surface area contributed by atoms with Gasteiger partial charge in [-0.05, 0) is 38.6 Å². The Labute approximate surface area is 120 Å². The largest absolute Gasteiger partial charge is 0.348 e. The van der Waals surface area contributed by atoms with Gasteiger partial charge in [0, 0.05) is 30.4 Å². The number of aromatic nitrogens is 1. The maximum absolute atomic E-state index is 4.97. The van der Waals surface area contributed by atoms with E-state index in [0.717, 1.165) is 18.4 Å². The van der Waals surface area contributed by atoms with Crippen LogP contribution in [-0.4, -0.2) is 25.1 Å². The summed E-state index contributed by atoms with van der Waals surface area (Å²) in [7, 11) is 2.03. The molecule has 4 heteroatoms. The van der Waals surface area contributed by atoms with E-state index >= 15 is 0 Å². The second-order valence-electron chi connectivity index (χ2n) is 6.00. The number of thiazole rings is 1. The van der Waals surface area contributed by atoms with Crippen LogP contribution in [0.1, 0.15) is 55.5 Å². The van der Waals surface area contributed by atoms with Gasteiger partial charge in [0.25, 0.3) is 0 Å². The van der Waals surface area contributed by atoms with Crippen molar-refractivity contribution in [1.29, 1.82) is 0 Å². The van der Waals surface area contributed by atoms with Crippen molar-refractivity contribution >= 4 is 16.5 Å². The molecule has 3 rings (SSSR count). The van der Waals surface area contributed by atoms with Crippen molar-refractivity contribution in [2.45, 2.75) is 51.5 Å². The number of nitrogens with one attached hydrogen (secondary N) is 1. The first-order chi connectivity index (χ1) is 9.31. The highest BCUT2D eigenvalue weighted by atomic mass is 32.1. The van der Waals surface area contributed by atoms with E-state index in [-0.39, 0.29) is 0 Å². The third-order valence-electron chi connectivity index (χ3n) is 4.27. The molecule has 1 N–H and O–H groups in total. The Morgan fingerprint density at radius 3 is 2.89 bits per heavy atom. The molecule has 1 aromatic heterocycles. The Hall–Kier alpha value is -0.610. The van der Waals surface area contributed by atoms with Crippen LogP contribution >= 0.6 is 11.3 Å². The van der Waals surface area contributed by atoms with E-state index in [1.807, 2.05) is 18.4 Å². The summed E-state index contributed by atoms with van der Waals surface area (Å²) < 4.78 is 0. The van der Waals surface area contributed by atoms with Gasteiger partial charge in [-0.3, -0.25) is 0 Å². The van der Waals surface area contributed by atoms with E-state index < -0.39 is 0 Å². The highest BCUT2D eigenvalue weighted by molar-refractivity contribution is 7.15. The summed E-state index contributed by atoms with van der Waals surface area (Å²) in [6.07, 6.45) is 6.74. The van der Waals surface area contributed by atoms with Crippen LogP contribution in [0.15, 0.2) is 0 Å². The van der Waals surface area contributed by atoms with Crippen molar-refractivity contribution in [3.05, 3.63) is 10.6 Å². The van der Waals surface area contributed by atoms with Gasteiger partial charge >= 0.3 is 0 Å². The van der Waals surface area contributed by atoms with E-state index in [1.54, 1.807) is 0 Å².